The molecular weight excluding hydrogens is 219 g/mol. The lowest BCUT2D eigenvalue weighted by atomic mass is 10.3. The molecule has 3 N–H and O–H groups in total. The van der Waals surface area contributed by atoms with Crippen LogP contribution < -0.4 is 0 Å². The van der Waals surface area contributed by atoms with E-state index in [0.29, 0.717) is 5.82 Å². The van der Waals surface area contributed by atoms with E-state index in [-0.39, 0.29) is 6.61 Å². The zero-order chi connectivity index (χ0) is 10.9. The monoisotopic (exact) mass is 228 g/mol. The van der Waals surface area contributed by atoms with E-state index in [4.69, 9.17) is 9.79 Å². The average Bonchev–Trinajstić information content (AvgIpc) is 2.56. The fourth-order valence-corrected chi connectivity index (χ4v) is 1.51. The number of benzene rings is 1. The standard InChI is InChI=1S/C8H9N2O4P/c11-15(12,13)14-5-8-9-6-3-1-2-4-7(6)10-8/h1-4H,5H2,(H,9,10)(H2,11,12,13). The molecule has 2 rings (SSSR count). The lowest BCUT2D eigenvalue weighted by Crippen LogP contribution is -1.92. The molecule has 0 saturated heterocycles. The highest BCUT2D eigenvalue weighted by Crippen LogP contribution is 2.36. The van der Waals surface area contributed by atoms with Crippen molar-refractivity contribution in [1.29, 1.82) is 0 Å². The third-order valence-electron chi connectivity index (χ3n) is 1.81. The number of aromatic nitrogens is 2. The Labute approximate surface area is 85.2 Å². The van der Waals surface area contributed by atoms with Crippen LogP contribution in [0.4, 0.5) is 0 Å². The van der Waals surface area contributed by atoms with E-state index in [2.05, 4.69) is 14.5 Å². The number of para-hydroxylation sites is 2. The first-order valence-corrected chi connectivity index (χ1v) is 5.71. The fourth-order valence-electron chi connectivity index (χ4n) is 1.22. The first kappa shape index (κ1) is 10.3. The number of nitrogens with zero attached hydrogens (tertiary/aromatic N) is 1. The molecule has 0 saturated carbocycles. The summed E-state index contributed by atoms with van der Waals surface area (Å²) in [6, 6.07) is 7.29. The zero-order valence-corrected chi connectivity index (χ0v) is 8.52. The van der Waals surface area contributed by atoms with Gasteiger partial charge in [0, 0.05) is 0 Å². The van der Waals surface area contributed by atoms with Crippen LogP contribution in [0.3, 0.4) is 0 Å². The van der Waals surface area contributed by atoms with Crippen molar-refractivity contribution in [3.05, 3.63) is 30.1 Å². The molecule has 0 bridgehead atoms. The number of rotatable bonds is 3. The molecule has 0 aliphatic carbocycles. The van der Waals surface area contributed by atoms with Gasteiger partial charge in [-0.1, -0.05) is 12.1 Å². The highest BCUT2D eigenvalue weighted by molar-refractivity contribution is 7.46. The SMILES string of the molecule is O=P(O)(O)OCc1nc2ccccc2[nH]1. The molecule has 1 aromatic carbocycles. The van der Waals surface area contributed by atoms with Crippen molar-refractivity contribution in [3.8, 4) is 0 Å². The molecule has 0 radical (unpaired) electrons. The molecule has 7 heteroatoms. The van der Waals surface area contributed by atoms with Gasteiger partial charge in [-0.2, -0.15) is 0 Å². The topological polar surface area (TPSA) is 95.4 Å². The van der Waals surface area contributed by atoms with Crippen molar-refractivity contribution in [3.63, 3.8) is 0 Å². The lowest BCUT2D eigenvalue weighted by molar-refractivity contribution is 0.185. The van der Waals surface area contributed by atoms with E-state index in [1.165, 1.54) is 0 Å². The first-order chi connectivity index (χ1) is 7.04. The third-order valence-corrected chi connectivity index (χ3v) is 2.27. The van der Waals surface area contributed by atoms with E-state index in [1.807, 2.05) is 18.2 Å². The number of H-pyrrole nitrogens is 1. The Morgan fingerprint density at radius 1 is 1.40 bits per heavy atom. The Bertz CT molecular complexity index is 485. The second kappa shape index (κ2) is 3.75. The van der Waals surface area contributed by atoms with Crippen molar-refractivity contribution >= 4 is 18.9 Å². The summed E-state index contributed by atoms with van der Waals surface area (Å²) in [4.78, 5) is 24.0. The summed E-state index contributed by atoms with van der Waals surface area (Å²) < 4.78 is 14.8. The Hall–Kier alpha value is -1.20. The maximum absolute atomic E-state index is 10.5. The number of hydrogen-bond acceptors (Lipinski definition) is 3. The van der Waals surface area contributed by atoms with Gasteiger partial charge in [0.2, 0.25) is 0 Å². The highest BCUT2D eigenvalue weighted by Gasteiger charge is 2.14. The van der Waals surface area contributed by atoms with Crippen molar-refractivity contribution in [1.82, 2.24) is 9.97 Å². The van der Waals surface area contributed by atoms with Gasteiger partial charge in [-0.3, -0.25) is 4.52 Å². The minimum Gasteiger partial charge on any atom is -0.340 e. The number of phosphoric ester groups is 1. The lowest BCUT2D eigenvalue weighted by Gasteiger charge is -2.01. The number of nitrogens with one attached hydrogen (secondary N) is 1. The number of fused-ring (bicyclic) bond motifs is 1. The Balaban J connectivity index is 2.19. The number of hydrogen-bond donors (Lipinski definition) is 3. The molecular formula is C8H9N2O4P. The van der Waals surface area contributed by atoms with Crippen molar-refractivity contribution < 1.29 is 18.9 Å². The van der Waals surface area contributed by atoms with Crippen molar-refractivity contribution in [2.75, 3.05) is 0 Å². The van der Waals surface area contributed by atoms with Crippen molar-refractivity contribution in [2.24, 2.45) is 0 Å². The maximum Gasteiger partial charge on any atom is 0.470 e. The second-order valence-corrected chi connectivity index (χ2v) is 4.20. The van der Waals surface area contributed by atoms with E-state index < -0.39 is 7.82 Å². The Kier molecular flexibility index (Phi) is 2.58. The molecule has 0 atom stereocenters. The van der Waals surface area contributed by atoms with Gasteiger partial charge < -0.3 is 14.8 Å². The van der Waals surface area contributed by atoms with Crippen LogP contribution in [-0.2, 0) is 15.7 Å². The van der Waals surface area contributed by atoms with E-state index in [1.54, 1.807) is 6.07 Å². The van der Waals surface area contributed by atoms with Crippen LogP contribution in [-0.4, -0.2) is 19.8 Å². The van der Waals surface area contributed by atoms with Crippen LogP contribution >= 0.6 is 7.82 Å². The van der Waals surface area contributed by atoms with Crippen LogP contribution in [0.2, 0.25) is 0 Å². The summed E-state index contributed by atoms with van der Waals surface area (Å²) in [5, 5.41) is 0. The zero-order valence-electron chi connectivity index (χ0n) is 7.62. The van der Waals surface area contributed by atoms with Crippen LogP contribution in [0.5, 0.6) is 0 Å². The number of aromatic amines is 1. The summed E-state index contributed by atoms with van der Waals surface area (Å²) in [7, 11) is -4.43. The third kappa shape index (κ3) is 2.64. The number of phosphoric acid groups is 1. The molecule has 0 aliphatic heterocycles. The molecule has 0 spiro atoms. The maximum atomic E-state index is 10.5. The molecule has 1 aromatic heterocycles. The van der Waals surface area contributed by atoms with Crippen LogP contribution in [0, 0.1) is 0 Å². The molecule has 80 valence electrons. The van der Waals surface area contributed by atoms with Gasteiger partial charge in [-0.25, -0.2) is 9.55 Å². The largest absolute Gasteiger partial charge is 0.470 e. The average molecular weight is 228 g/mol. The summed E-state index contributed by atoms with van der Waals surface area (Å²) in [6.07, 6.45) is 0. The smallest absolute Gasteiger partial charge is 0.340 e. The molecule has 0 unspecified atom stereocenters. The highest BCUT2D eigenvalue weighted by atomic mass is 31.2. The van der Waals surface area contributed by atoms with Gasteiger partial charge in [-0.15, -0.1) is 0 Å². The molecule has 0 aliphatic rings. The minimum atomic E-state index is -4.43. The van der Waals surface area contributed by atoms with Gasteiger partial charge >= 0.3 is 7.82 Å². The summed E-state index contributed by atoms with van der Waals surface area (Å²) >= 11 is 0. The molecule has 6 nitrogen and oxygen atoms in total. The second-order valence-electron chi connectivity index (χ2n) is 2.96. The van der Waals surface area contributed by atoms with Gasteiger partial charge in [-0.05, 0) is 12.1 Å². The van der Waals surface area contributed by atoms with E-state index >= 15 is 0 Å². The first-order valence-electron chi connectivity index (χ1n) is 4.18. The van der Waals surface area contributed by atoms with Crippen LogP contribution in [0.15, 0.2) is 24.3 Å². The van der Waals surface area contributed by atoms with Gasteiger partial charge in [0.1, 0.15) is 12.4 Å². The Morgan fingerprint density at radius 2 is 2.13 bits per heavy atom. The van der Waals surface area contributed by atoms with Crippen molar-refractivity contribution in [2.45, 2.75) is 6.61 Å². The predicted molar refractivity (Wildman–Crippen MR) is 52.9 cm³/mol. The van der Waals surface area contributed by atoms with Gasteiger partial charge in [0.15, 0.2) is 0 Å². The molecule has 0 fully saturated rings. The van der Waals surface area contributed by atoms with Crippen LogP contribution in [0.25, 0.3) is 11.0 Å². The van der Waals surface area contributed by atoms with Crippen LogP contribution in [0.1, 0.15) is 5.82 Å². The summed E-state index contributed by atoms with van der Waals surface area (Å²) in [5.74, 6) is 0.388. The summed E-state index contributed by atoms with van der Waals surface area (Å²) in [5.41, 5.74) is 1.55. The van der Waals surface area contributed by atoms with Gasteiger partial charge in [0.05, 0.1) is 11.0 Å². The van der Waals surface area contributed by atoms with E-state index in [0.717, 1.165) is 11.0 Å². The Morgan fingerprint density at radius 3 is 2.80 bits per heavy atom. The minimum absolute atomic E-state index is 0.237. The predicted octanol–water partition coefficient (Wildman–Crippen LogP) is 1.17. The number of imidazole rings is 1. The normalized spacial score (nSPS) is 12.1. The molecule has 2 aromatic rings. The molecule has 0 amide bonds. The molecule has 1 heterocycles. The van der Waals surface area contributed by atoms with Gasteiger partial charge in [0.25, 0.3) is 0 Å². The molecule has 15 heavy (non-hydrogen) atoms. The summed E-state index contributed by atoms with van der Waals surface area (Å²) in [6.45, 7) is -0.237. The van der Waals surface area contributed by atoms with E-state index in [9.17, 15) is 4.57 Å². The quantitative estimate of drug-likeness (QED) is 0.685. The fraction of sp³-hybridized carbons (Fsp3) is 0.125.